The fraction of sp³-hybridized carbons (Fsp3) is 0.682. The molecule has 1 aromatic carbocycles. The van der Waals surface area contributed by atoms with E-state index in [1.165, 1.54) is 13.0 Å². The summed E-state index contributed by atoms with van der Waals surface area (Å²) in [6.45, 7) is 16.3. The molecule has 1 fully saturated rings. The molecule has 2 rings (SSSR count). The summed E-state index contributed by atoms with van der Waals surface area (Å²) in [7, 11) is 1.67. The summed E-state index contributed by atoms with van der Waals surface area (Å²) in [5.41, 5.74) is 1.12. The fourth-order valence-electron chi connectivity index (χ4n) is 3.70. The van der Waals surface area contributed by atoms with Crippen LogP contribution >= 0.6 is 24.0 Å². The molecule has 7 heteroatoms. The molecule has 0 amide bonds. The van der Waals surface area contributed by atoms with E-state index < -0.39 is 0 Å². The van der Waals surface area contributed by atoms with Gasteiger partial charge >= 0.3 is 0 Å². The van der Waals surface area contributed by atoms with E-state index in [0.29, 0.717) is 19.1 Å². The van der Waals surface area contributed by atoms with Crippen LogP contribution in [0.3, 0.4) is 0 Å². The van der Waals surface area contributed by atoms with E-state index in [-0.39, 0.29) is 24.0 Å². The summed E-state index contributed by atoms with van der Waals surface area (Å²) in [5, 5.41) is 3.47. The van der Waals surface area contributed by atoms with Gasteiger partial charge in [-0.15, -0.1) is 24.0 Å². The molecule has 1 N–H and O–H groups in total. The molecule has 1 aliphatic rings. The Hall–Kier alpha value is -1.22. The normalized spacial score (nSPS) is 16.7. The molecule has 1 unspecified atom stereocenters. The molecule has 0 bridgehead atoms. The van der Waals surface area contributed by atoms with E-state index in [9.17, 15) is 0 Å². The number of methoxy groups -OCH3 is 1. The molecule has 0 aromatic heterocycles. The number of hydrogen-bond acceptors (Lipinski definition) is 4. The van der Waals surface area contributed by atoms with Gasteiger partial charge in [0.05, 0.1) is 20.3 Å². The summed E-state index contributed by atoms with van der Waals surface area (Å²) >= 11 is 0. The van der Waals surface area contributed by atoms with Crippen LogP contribution in [-0.2, 0) is 6.54 Å². The Balaban J connectivity index is 0.00000420. The maximum absolute atomic E-state index is 5.69. The number of hydrogen-bond donors (Lipinski definition) is 1. The Bertz CT molecular complexity index is 623. The SMILES string of the molecule is CCNC(=NCc1ccc(OC)c(OCC)c1)N1CCC(CN(CC)CC)C1.I. The molecule has 0 aliphatic carbocycles. The highest BCUT2D eigenvalue weighted by atomic mass is 127. The Kier molecular flexibility index (Phi) is 12.4. The average molecular weight is 518 g/mol. The van der Waals surface area contributed by atoms with Crippen molar-refractivity contribution in [3.05, 3.63) is 23.8 Å². The summed E-state index contributed by atoms with van der Waals surface area (Å²) in [5.74, 6) is 3.27. The Morgan fingerprint density at radius 1 is 1.21 bits per heavy atom. The number of guanidine groups is 1. The topological polar surface area (TPSA) is 49.3 Å². The third kappa shape index (κ3) is 7.85. The van der Waals surface area contributed by atoms with Crippen LogP contribution in [0.15, 0.2) is 23.2 Å². The highest BCUT2D eigenvalue weighted by molar-refractivity contribution is 14.0. The lowest BCUT2D eigenvalue weighted by Crippen LogP contribution is -2.40. The van der Waals surface area contributed by atoms with Crippen molar-refractivity contribution < 1.29 is 9.47 Å². The molecule has 166 valence electrons. The number of benzene rings is 1. The average Bonchev–Trinajstić information content (AvgIpc) is 3.18. The smallest absolute Gasteiger partial charge is 0.194 e. The molecular weight excluding hydrogens is 479 g/mol. The second kappa shape index (κ2) is 13.9. The summed E-state index contributed by atoms with van der Waals surface area (Å²) in [6.07, 6.45) is 1.23. The quantitative estimate of drug-likeness (QED) is 0.290. The number of nitrogens with one attached hydrogen (secondary N) is 1. The van der Waals surface area contributed by atoms with Crippen LogP contribution in [0.25, 0.3) is 0 Å². The van der Waals surface area contributed by atoms with Crippen LogP contribution in [0.2, 0.25) is 0 Å². The van der Waals surface area contributed by atoms with Gasteiger partial charge in [-0.05, 0) is 57.0 Å². The van der Waals surface area contributed by atoms with E-state index >= 15 is 0 Å². The van der Waals surface area contributed by atoms with Crippen molar-refractivity contribution in [1.82, 2.24) is 15.1 Å². The maximum atomic E-state index is 5.69. The number of nitrogens with zero attached hydrogens (tertiary/aromatic N) is 3. The Morgan fingerprint density at radius 2 is 1.97 bits per heavy atom. The van der Waals surface area contributed by atoms with Gasteiger partial charge in [-0.3, -0.25) is 0 Å². The molecule has 0 radical (unpaired) electrons. The fourth-order valence-corrected chi connectivity index (χ4v) is 3.70. The largest absolute Gasteiger partial charge is 0.493 e. The van der Waals surface area contributed by atoms with Crippen LogP contribution in [-0.4, -0.2) is 68.7 Å². The van der Waals surface area contributed by atoms with Gasteiger partial charge in [0.15, 0.2) is 17.5 Å². The summed E-state index contributed by atoms with van der Waals surface area (Å²) in [4.78, 5) is 9.82. The zero-order chi connectivity index (χ0) is 20.4. The van der Waals surface area contributed by atoms with Crippen molar-refractivity contribution in [3.8, 4) is 11.5 Å². The van der Waals surface area contributed by atoms with Crippen LogP contribution in [0.1, 0.15) is 39.7 Å². The summed E-state index contributed by atoms with van der Waals surface area (Å²) < 4.78 is 11.1. The van der Waals surface area contributed by atoms with Gasteiger partial charge in [0.2, 0.25) is 0 Å². The van der Waals surface area contributed by atoms with E-state index in [4.69, 9.17) is 14.5 Å². The monoisotopic (exact) mass is 518 g/mol. The van der Waals surface area contributed by atoms with Gasteiger partial charge in [0.25, 0.3) is 0 Å². The van der Waals surface area contributed by atoms with Crippen LogP contribution in [0.4, 0.5) is 0 Å². The van der Waals surface area contributed by atoms with Crippen molar-refractivity contribution in [1.29, 1.82) is 0 Å². The number of likely N-dealkylation sites (tertiary alicyclic amines) is 1. The number of halogens is 1. The van der Waals surface area contributed by atoms with Gasteiger partial charge in [0, 0.05) is 26.2 Å². The number of aliphatic imine (C=N–C) groups is 1. The molecule has 6 nitrogen and oxygen atoms in total. The minimum absolute atomic E-state index is 0. The van der Waals surface area contributed by atoms with Crippen molar-refractivity contribution in [2.24, 2.45) is 10.9 Å². The molecular formula is C22H39IN4O2. The van der Waals surface area contributed by atoms with Crippen molar-refractivity contribution in [2.75, 3.05) is 53.0 Å². The highest BCUT2D eigenvalue weighted by Crippen LogP contribution is 2.28. The minimum Gasteiger partial charge on any atom is -0.493 e. The zero-order valence-electron chi connectivity index (χ0n) is 18.7. The van der Waals surface area contributed by atoms with Crippen molar-refractivity contribution in [2.45, 2.75) is 40.7 Å². The van der Waals surface area contributed by atoms with Gasteiger partial charge in [-0.2, -0.15) is 0 Å². The third-order valence-corrected chi connectivity index (χ3v) is 5.27. The zero-order valence-corrected chi connectivity index (χ0v) is 21.1. The number of ether oxygens (including phenoxy) is 2. The lowest BCUT2D eigenvalue weighted by Gasteiger charge is -2.24. The first-order valence-electron chi connectivity index (χ1n) is 10.7. The van der Waals surface area contributed by atoms with Crippen molar-refractivity contribution >= 4 is 29.9 Å². The molecule has 1 saturated heterocycles. The first-order valence-corrected chi connectivity index (χ1v) is 10.7. The lowest BCUT2D eigenvalue weighted by molar-refractivity contribution is 0.255. The van der Waals surface area contributed by atoms with E-state index in [0.717, 1.165) is 55.7 Å². The van der Waals surface area contributed by atoms with Crippen LogP contribution < -0.4 is 14.8 Å². The molecule has 1 heterocycles. The second-order valence-electron chi connectivity index (χ2n) is 7.17. The minimum atomic E-state index is 0. The third-order valence-electron chi connectivity index (χ3n) is 5.27. The Labute approximate surface area is 194 Å². The van der Waals surface area contributed by atoms with Crippen LogP contribution in [0.5, 0.6) is 11.5 Å². The van der Waals surface area contributed by atoms with E-state index in [2.05, 4.69) is 42.0 Å². The van der Waals surface area contributed by atoms with Gasteiger partial charge in [-0.1, -0.05) is 19.9 Å². The van der Waals surface area contributed by atoms with Gasteiger partial charge in [-0.25, -0.2) is 4.99 Å². The second-order valence-corrected chi connectivity index (χ2v) is 7.17. The standard InChI is InChI=1S/C22H38N4O2.HI/c1-6-23-22(26-13-12-19(17-26)16-25(7-2)8-3)24-15-18-10-11-20(27-5)21(14-18)28-9-4;/h10-11,14,19H,6-9,12-13,15-17H2,1-5H3,(H,23,24);1H. The molecule has 1 aliphatic heterocycles. The van der Waals surface area contributed by atoms with Gasteiger partial charge in [0.1, 0.15) is 0 Å². The van der Waals surface area contributed by atoms with E-state index in [1.54, 1.807) is 7.11 Å². The molecule has 1 aromatic rings. The molecule has 1 atom stereocenters. The molecule has 29 heavy (non-hydrogen) atoms. The van der Waals surface area contributed by atoms with Gasteiger partial charge < -0.3 is 24.6 Å². The Morgan fingerprint density at radius 3 is 2.59 bits per heavy atom. The number of rotatable bonds is 10. The highest BCUT2D eigenvalue weighted by Gasteiger charge is 2.25. The predicted molar refractivity (Wildman–Crippen MR) is 132 cm³/mol. The first kappa shape index (κ1) is 25.8. The maximum Gasteiger partial charge on any atom is 0.194 e. The predicted octanol–water partition coefficient (Wildman–Crippen LogP) is 3.84. The molecule has 0 spiro atoms. The van der Waals surface area contributed by atoms with Crippen LogP contribution in [0, 0.1) is 5.92 Å². The lowest BCUT2D eigenvalue weighted by atomic mass is 10.1. The van der Waals surface area contributed by atoms with E-state index in [1.807, 2.05) is 19.1 Å². The summed E-state index contributed by atoms with van der Waals surface area (Å²) in [6, 6.07) is 6.04. The first-order chi connectivity index (χ1) is 13.6. The van der Waals surface area contributed by atoms with Crippen molar-refractivity contribution in [3.63, 3.8) is 0 Å². The molecule has 0 saturated carbocycles.